The molecule has 0 fully saturated rings. The van der Waals surface area contributed by atoms with E-state index in [0.717, 1.165) is 0 Å². The summed E-state index contributed by atoms with van der Waals surface area (Å²) in [6.45, 7) is 7.91. The Bertz CT molecular complexity index is 3660. The van der Waals surface area contributed by atoms with Gasteiger partial charge >= 0.3 is 17.9 Å². The van der Waals surface area contributed by atoms with Gasteiger partial charge in [-0.05, 0) is 99.6 Å². The van der Waals surface area contributed by atoms with Crippen LogP contribution >= 0.6 is 0 Å². The number of hydrogen-bond donors (Lipinski definition) is 23. The first-order valence-electron chi connectivity index (χ1n) is 37.4. The molecule has 638 valence electrons. The average molecular weight is 1620 g/mol. The van der Waals surface area contributed by atoms with Crippen molar-refractivity contribution in [2.75, 3.05) is 32.8 Å². The highest BCUT2D eigenvalue weighted by Crippen LogP contribution is 2.15. The Labute approximate surface area is 664 Å². The van der Waals surface area contributed by atoms with E-state index in [2.05, 4.69) is 68.8 Å². The van der Waals surface area contributed by atoms with Crippen LogP contribution in [0, 0.1) is 17.8 Å². The molecule has 12 atom stereocenters. The largest absolute Gasteiger partial charge is 0.481 e. The monoisotopic (exact) mass is 1620 g/mol. The van der Waals surface area contributed by atoms with Gasteiger partial charge in [-0.3, -0.25) is 86.5 Å². The van der Waals surface area contributed by atoms with Gasteiger partial charge in [0.05, 0.1) is 32.5 Å². The van der Waals surface area contributed by atoms with Gasteiger partial charge in [0.1, 0.15) is 72.5 Å². The summed E-state index contributed by atoms with van der Waals surface area (Å²) in [5, 5.41) is 69.7. The number of carbonyl (C=O) groups is 18. The first-order valence-corrected chi connectivity index (χ1v) is 37.4. The van der Waals surface area contributed by atoms with Gasteiger partial charge in [-0.15, -0.1) is 0 Å². The van der Waals surface area contributed by atoms with E-state index in [1.165, 1.54) is 0 Å². The quantitative estimate of drug-likeness (QED) is 0.0166. The lowest BCUT2D eigenvalue weighted by Crippen LogP contribution is -2.60. The number of aliphatic hydroxyl groups is 1. The lowest BCUT2D eigenvalue weighted by molar-refractivity contribution is -0.147. The molecule has 0 spiro atoms. The number of guanidine groups is 1. The summed E-state index contributed by atoms with van der Waals surface area (Å²) in [7, 11) is 0. The van der Waals surface area contributed by atoms with Crippen molar-refractivity contribution < 1.29 is 107 Å². The molecule has 0 radical (unpaired) electrons. The van der Waals surface area contributed by atoms with E-state index < -0.39 is 237 Å². The molecule has 0 aromatic heterocycles. The second-order valence-corrected chi connectivity index (χ2v) is 28.6. The molecule has 2 aromatic rings. The van der Waals surface area contributed by atoms with Gasteiger partial charge < -0.3 is 124 Å². The number of aliphatic carboxylic acids is 3. The third-order valence-electron chi connectivity index (χ3n) is 17.1. The molecule has 0 saturated heterocycles. The van der Waals surface area contributed by atoms with Crippen LogP contribution in [0.15, 0.2) is 65.7 Å². The minimum absolute atomic E-state index is 0.0261. The summed E-state index contributed by atoms with van der Waals surface area (Å²) < 4.78 is 0. The van der Waals surface area contributed by atoms with Crippen LogP contribution in [0.5, 0.6) is 0 Å². The Morgan fingerprint density at radius 2 is 0.687 bits per heavy atom. The lowest BCUT2D eigenvalue weighted by atomic mass is 10.00. The predicted octanol–water partition coefficient (Wildman–Crippen LogP) is -6.76. The fourth-order valence-electron chi connectivity index (χ4n) is 11.2. The van der Waals surface area contributed by atoms with Crippen molar-refractivity contribution in [3.8, 4) is 0 Å². The molecular weight excluding hydrogens is 1510 g/mol. The van der Waals surface area contributed by atoms with Crippen molar-refractivity contribution in [3.05, 3.63) is 71.8 Å². The maximum absolute atomic E-state index is 14.5. The molecule has 2 aromatic carbocycles. The van der Waals surface area contributed by atoms with Crippen molar-refractivity contribution in [1.29, 1.82) is 0 Å². The van der Waals surface area contributed by atoms with Crippen LogP contribution in [0.3, 0.4) is 0 Å². The first kappa shape index (κ1) is 99.1. The minimum atomic E-state index is -2.00. The van der Waals surface area contributed by atoms with Crippen LogP contribution in [0.25, 0.3) is 0 Å². The van der Waals surface area contributed by atoms with Gasteiger partial charge in [-0.25, -0.2) is 4.79 Å². The average Bonchev–Trinajstić information content (AvgIpc) is 0.860. The molecule has 0 aliphatic heterocycles. The maximum atomic E-state index is 14.5. The normalized spacial score (nSPS) is 14.2. The molecule has 0 aliphatic rings. The number of benzene rings is 2. The molecular formula is C73H114N20O22. The van der Waals surface area contributed by atoms with E-state index in [0.29, 0.717) is 11.1 Å². The highest BCUT2D eigenvalue weighted by Gasteiger charge is 2.38. The van der Waals surface area contributed by atoms with Crippen molar-refractivity contribution in [2.45, 2.75) is 217 Å². The second-order valence-electron chi connectivity index (χ2n) is 28.6. The molecule has 0 bridgehead atoms. The van der Waals surface area contributed by atoms with E-state index in [9.17, 15) is 107 Å². The third kappa shape index (κ3) is 40.9. The zero-order valence-electron chi connectivity index (χ0n) is 65.3. The number of aliphatic hydroxyl groups excluding tert-OH is 1. The van der Waals surface area contributed by atoms with Gasteiger partial charge in [-0.1, -0.05) is 102 Å². The zero-order chi connectivity index (χ0) is 86.6. The Kier molecular flexibility index (Phi) is 45.1. The van der Waals surface area contributed by atoms with E-state index in [1.54, 1.807) is 102 Å². The number of carboxylic acids is 3. The number of amides is 15. The van der Waals surface area contributed by atoms with Crippen molar-refractivity contribution in [2.24, 2.45) is 57.1 Å². The summed E-state index contributed by atoms with van der Waals surface area (Å²) in [6, 6.07) is -2.86. The van der Waals surface area contributed by atoms with Crippen LogP contribution in [0.2, 0.25) is 0 Å². The molecule has 0 unspecified atom stereocenters. The number of nitrogens with zero attached hydrogens (tertiary/aromatic N) is 1. The maximum Gasteiger partial charge on any atom is 0.326 e. The molecule has 42 nitrogen and oxygen atoms in total. The molecule has 0 saturated carbocycles. The number of aliphatic imine (C=N–C) groups is 1. The highest BCUT2D eigenvalue weighted by molar-refractivity contribution is 6.00. The van der Waals surface area contributed by atoms with Gasteiger partial charge in [0.25, 0.3) is 0 Å². The van der Waals surface area contributed by atoms with E-state index in [4.69, 9.17) is 34.4 Å². The SMILES string of the molecule is CC(C)C[C@H](NC(=O)[C@H](CCC(N)=O)NC(=O)[C@H](CCCN=C(N)N)NC(=O)[C@H](CC(C)C)NC(=O)[C@H](Cc1ccccc1)NC(=O)CNC(=O)[C@@H](N)CO)C(=O)NCC(=O)N[C@@H](Cc1ccccc1)C(=O)N[C@@H](CC(=O)O)C(=O)N[C@@H](CCCCN)C(=O)N[C@@H](CC(C)C)C(=O)N[C@@H](CCC(N)=O)C(=O)N[C@@H](CC(=O)O)C(=O)O. The van der Waals surface area contributed by atoms with E-state index >= 15 is 0 Å². The Balaban J connectivity index is 2.52. The molecule has 15 amide bonds. The van der Waals surface area contributed by atoms with Crippen molar-refractivity contribution in [1.82, 2.24) is 69.1 Å². The Morgan fingerprint density at radius 1 is 0.374 bits per heavy atom. The summed E-state index contributed by atoms with van der Waals surface area (Å²) in [5.74, 6) is -21.4. The van der Waals surface area contributed by atoms with Crippen LogP contribution in [0.4, 0.5) is 0 Å². The second kappa shape index (κ2) is 52.4. The zero-order valence-corrected chi connectivity index (χ0v) is 65.3. The number of rotatable bonds is 56. The molecule has 42 heteroatoms. The lowest BCUT2D eigenvalue weighted by Gasteiger charge is -2.28. The van der Waals surface area contributed by atoms with Crippen LogP contribution in [-0.4, -0.2) is 238 Å². The Morgan fingerprint density at radius 3 is 1.03 bits per heavy atom. The van der Waals surface area contributed by atoms with Crippen LogP contribution in [-0.2, 0) is 99.1 Å². The minimum Gasteiger partial charge on any atom is -0.481 e. The molecule has 29 N–H and O–H groups in total. The number of unbranched alkanes of at least 4 members (excludes halogenated alkanes) is 1. The molecule has 115 heavy (non-hydrogen) atoms. The number of carbonyl (C=O) groups excluding carboxylic acids is 15. The molecule has 0 heterocycles. The van der Waals surface area contributed by atoms with Crippen LogP contribution < -0.4 is 104 Å². The van der Waals surface area contributed by atoms with Crippen LogP contribution in [0.1, 0.15) is 143 Å². The number of nitrogens with one attached hydrogen (secondary N) is 13. The van der Waals surface area contributed by atoms with Crippen molar-refractivity contribution >= 4 is 112 Å². The third-order valence-corrected chi connectivity index (χ3v) is 17.1. The van der Waals surface area contributed by atoms with Crippen molar-refractivity contribution in [3.63, 3.8) is 0 Å². The highest BCUT2D eigenvalue weighted by atomic mass is 16.4. The van der Waals surface area contributed by atoms with Gasteiger partial charge in [-0.2, -0.15) is 0 Å². The number of primary amides is 2. The summed E-state index contributed by atoms with van der Waals surface area (Å²) in [6.07, 6.45) is -4.92. The standard InChI is InChI=1S/C73H114N20O22/c1-38(2)28-48(89-65(107)46(22-24-55(76)95)87-63(105)45(21-15-27-80-73(78)79)86-67(109)50(30-40(5)6)91-69(111)51(31-41-16-9-7-10-17-41)83-57(97)35-81-61(103)43(75)37-94)62(104)82-36-58(98)84-52(32-42-18-11-8-12-19-42)70(112)92-53(33-59(99)100)71(113)85-44(20-13-14-26-74)64(106)90-49(29-39(3)4)68(110)88-47(23-25-56(77)96)66(108)93-54(72(114)115)34-60(101)102/h7-12,16-19,38-40,43-54,94H,13-15,20-37,74-75H2,1-6H3,(H2,76,95)(H2,77,96)(H,81,103)(H,82,104)(H,83,97)(H,84,98)(H,85,113)(H,86,109)(H,87,105)(H,88,110)(H,89,107)(H,90,106)(H,91,111)(H,92,112)(H,93,108)(H,99,100)(H,101,102)(H,114,115)(H4,78,79,80)/t43-,44-,45-,46-,47-,48-,49-,50-,51-,52-,53-,54-/m0/s1. The van der Waals surface area contributed by atoms with Gasteiger partial charge in [0.15, 0.2) is 5.96 Å². The fourth-order valence-corrected chi connectivity index (χ4v) is 11.2. The first-order chi connectivity index (χ1) is 54.1. The molecule has 2 rings (SSSR count). The number of hydrogen-bond acceptors (Lipinski definition) is 22. The van der Waals surface area contributed by atoms with Gasteiger partial charge in [0.2, 0.25) is 88.6 Å². The summed E-state index contributed by atoms with van der Waals surface area (Å²) in [4.78, 5) is 245. The Hall–Kier alpha value is -11.9. The topological polar surface area (TPSA) is 713 Å². The number of carboxylic acid groups (broad SMARTS) is 3. The van der Waals surface area contributed by atoms with E-state index in [1.807, 2.05) is 5.32 Å². The van der Waals surface area contributed by atoms with Gasteiger partial charge in [0, 0.05) is 32.2 Å². The predicted molar refractivity (Wildman–Crippen MR) is 413 cm³/mol. The smallest absolute Gasteiger partial charge is 0.326 e. The fraction of sp³-hybridized carbons (Fsp3) is 0.575. The number of nitrogens with two attached hydrogens (primary N) is 6. The van der Waals surface area contributed by atoms with E-state index in [-0.39, 0.29) is 101 Å². The summed E-state index contributed by atoms with van der Waals surface area (Å²) >= 11 is 0. The molecule has 0 aliphatic carbocycles. The summed E-state index contributed by atoms with van der Waals surface area (Å²) in [5.41, 5.74) is 34.2.